The van der Waals surface area contributed by atoms with Crippen molar-refractivity contribution < 1.29 is 4.79 Å². The number of rotatable bonds is 4. The Kier molecular flexibility index (Phi) is 6.23. The van der Waals surface area contributed by atoms with Crippen LogP contribution in [-0.4, -0.2) is 29.3 Å². The quantitative estimate of drug-likeness (QED) is 0.519. The van der Waals surface area contributed by atoms with E-state index in [1.165, 1.54) is 0 Å². The second-order valence-electron chi connectivity index (χ2n) is 3.91. The molecule has 1 aromatic carbocycles. The first kappa shape index (κ1) is 15.2. The van der Waals surface area contributed by atoms with Crippen molar-refractivity contribution in [3.63, 3.8) is 0 Å². The van der Waals surface area contributed by atoms with Gasteiger partial charge in [-0.3, -0.25) is 4.79 Å². The van der Waals surface area contributed by atoms with Gasteiger partial charge in [0.05, 0.1) is 5.56 Å². The lowest BCUT2D eigenvalue weighted by molar-refractivity contribution is 0.0717. The van der Waals surface area contributed by atoms with Gasteiger partial charge in [-0.1, -0.05) is 15.9 Å². The summed E-state index contributed by atoms with van der Waals surface area (Å²) in [5.41, 5.74) is 0.721. The van der Waals surface area contributed by atoms with Gasteiger partial charge in [-0.05, 0) is 54.6 Å². The van der Waals surface area contributed by atoms with Crippen LogP contribution in [0.3, 0.4) is 0 Å². The number of amides is 1. The monoisotopic (exact) mass is 429 g/mol. The Balaban J connectivity index is 3.04. The van der Waals surface area contributed by atoms with Gasteiger partial charge in [0.2, 0.25) is 0 Å². The Morgan fingerprint density at radius 1 is 1.53 bits per heavy atom. The van der Waals surface area contributed by atoms with Crippen molar-refractivity contribution in [2.75, 3.05) is 12.4 Å². The minimum atomic E-state index is 0.0337. The lowest BCUT2D eigenvalue weighted by atomic mass is 10.2. The zero-order chi connectivity index (χ0) is 13.0. The average Bonchev–Trinajstić information content (AvgIpc) is 2.28. The number of hydrogen-bond donors (Lipinski definition) is 0. The molecule has 0 aliphatic carbocycles. The van der Waals surface area contributed by atoms with Crippen molar-refractivity contribution in [2.45, 2.75) is 19.9 Å². The van der Waals surface area contributed by atoms with E-state index in [2.05, 4.69) is 38.5 Å². The fourth-order valence-electron chi connectivity index (χ4n) is 1.50. The maximum absolute atomic E-state index is 12.4. The third kappa shape index (κ3) is 4.10. The van der Waals surface area contributed by atoms with Gasteiger partial charge in [-0.25, -0.2) is 0 Å². The van der Waals surface area contributed by atoms with Crippen LogP contribution in [0, 0.1) is 3.57 Å². The van der Waals surface area contributed by atoms with Crippen molar-refractivity contribution >= 4 is 56.0 Å². The van der Waals surface area contributed by atoms with E-state index in [4.69, 9.17) is 11.6 Å². The molecular formula is C12H14BrClINO. The topological polar surface area (TPSA) is 20.3 Å². The van der Waals surface area contributed by atoms with Crippen LogP contribution in [0.5, 0.6) is 0 Å². The predicted octanol–water partition coefficient (Wildman–Crippen LogP) is 4.14. The number of halogens is 3. The summed E-state index contributed by atoms with van der Waals surface area (Å²) < 4.78 is 1.87. The maximum Gasteiger partial charge on any atom is 0.255 e. The summed E-state index contributed by atoms with van der Waals surface area (Å²) in [6.45, 7) is 4.56. The third-order valence-corrected chi connectivity index (χ3v) is 3.97. The molecule has 5 heteroatoms. The SMILES string of the molecule is CC(C)N(CCCl)C(=O)c1cc(Br)ccc1I. The van der Waals surface area contributed by atoms with Gasteiger partial charge in [0.1, 0.15) is 0 Å². The van der Waals surface area contributed by atoms with Gasteiger partial charge in [-0.2, -0.15) is 0 Å². The van der Waals surface area contributed by atoms with Gasteiger partial charge in [0.25, 0.3) is 5.91 Å². The number of benzene rings is 1. The Hall–Kier alpha value is 0.190. The first-order valence-corrected chi connectivity index (χ1v) is 7.70. The van der Waals surface area contributed by atoms with Gasteiger partial charge >= 0.3 is 0 Å². The molecule has 1 rings (SSSR count). The van der Waals surface area contributed by atoms with Crippen LogP contribution in [0.25, 0.3) is 0 Å². The molecule has 0 N–H and O–H groups in total. The zero-order valence-electron chi connectivity index (χ0n) is 9.71. The summed E-state index contributed by atoms with van der Waals surface area (Å²) in [6, 6.07) is 5.86. The molecular weight excluding hydrogens is 416 g/mol. The molecule has 0 aliphatic heterocycles. The molecule has 0 saturated heterocycles. The van der Waals surface area contributed by atoms with E-state index in [0.717, 1.165) is 13.6 Å². The highest BCUT2D eigenvalue weighted by molar-refractivity contribution is 14.1. The molecule has 0 bridgehead atoms. The lowest BCUT2D eigenvalue weighted by Gasteiger charge is -2.26. The van der Waals surface area contributed by atoms with Gasteiger partial charge in [-0.15, -0.1) is 11.6 Å². The second kappa shape index (κ2) is 6.95. The second-order valence-corrected chi connectivity index (χ2v) is 6.36. The number of hydrogen-bond acceptors (Lipinski definition) is 1. The molecule has 0 spiro atoms. The van der Waals surface area contributed by atoms with Crippen LogP contribution in [0.1, 0.15) is 24.2 Å². The van der Waals surface area contributed by atoms with Crippen LogP contribution in [-0.2, 0) is 0 Å². The average molecular weight is 431 g/mol. The van der Waals surface area contributed by atoms with E-state index >= 15 is 0 Å². The standard InChI is InChI=1S/C12H14BrClINO/c1-8(2)16(6-5-14)12(17)10-7-9(13)3-4-11(10)15/h3-4,7-8H,5-6H2,1-2H3. The molecule has 0 aromatic heterocycles. The van der Waals surface area contributed by atoms with Crippen LogP contribution in [0.2, 0.25) is 0 Å². The fraction of sp³-hybridized carbons (Fsp3) is 0.417. The summed E-state index contributed by atoms with van der Waals surface area (Å²) in [4.78, 5) is 14.2. The maximum atomic E-state index is 12.4. The Morgan fingerprint density at radius 2 is 2.18 bits per heavy atom. The normalized spacial score (nSPS) is 10.7. The fourth-order valence-corrected chi connectivity index (χ4v) is 2.61. The molecule has 0 radical (unpaired) electrons. The van der Waals surface area contributed by atoms with Crippen molar-refractivity contribution in [1.29, 1.82) is 0 Å². The van der Waals surface area contributed by atoms with Crippen molar-refractivity contribution in [3.8, 4) is 0 Å². The number of carbonyl (C=O) groups excluding carboxylic acids is 1. The van der Waals surface area contributed by atoms with Crippen LogP contribution in [0.4, 0.5) is 0 Å². The Morgan fingerprint density at radius 3 is 2.71 bits per heavy atom. The summed E-state index contributed by atoms with van der Waals surface area (Å²) in [7, 11) is 0. The minimum absolute atomic E-state index is 0.0337. The third-order valence-electron chi connectivity index (χ3n) is 2.37. The first-order valence-electron chi connectivity index (χ1n) is 5.29. The highest BCUT2D eigenvalue weighted by atomic mass is 127. The number of alkyl halides is 1. The summed E-state index contributed by atoms with van der Waals surface area (Å²) >= 11 is 11.3. The van der Waals surface area contributed by atoms with Gasteiger partial charge in [0.15, 0.2) is 0 Å². The van der Waals surface area contributed by atoms with E-state index in [0.29, 0.717) is 12.4 Å². The van der Waals surface area contributed by atoms with Crippen molar-refractivity contribution in [3.05, 3.63) is 31.8 Å². The van der Waals surface area contributed by atoms with Crippen LogP contribution >= 0.6 is 50.1 Å². The van der Waals surface area contributed by atoms with E-state index in [1.807, 2.05) is 32.0 Å². The van der Waals surface area contributed by atoms with Crippen LogP contribution in [0.15, 0.2) is 22.7 Å². The smallest absolute Gasteiger partial charge is 0.255 e. The summed E-state index contributed by atoms with van der Waals surface area (Å²) in [5.74, 6) is 0.487. The van der Waals surface area contributed by atoms with Gasteiger partial charge in [0, 0.05) is 26.5 Å². The minimum Gasteiger partial charge on any atom is -0.335 e. The number of carbonyl (C=O) groups is 1. The highest BCUT2D eigenvalue weighted by Gasteiger charge is 2.20. The molecule has 0 aliphatic rings. The molecule has 0 unspecified atom stereocenters. The Bertz CT molecular complexity index is 411. The molecule has 2 nitrogen and oxygen atoms in total. The molecule has 0 saturated carbocycles. The number of nitrogens with zero attached hydrogens (tertiary/aromatic N) is 1. The molecule has 1 amide bonds. The van der Waals surface area contributed by atoms with E-state index < -0.39 is 0 Å². The molecule has 17 heavy (non-hydrogen) atoms. The predicted molar refractivity (Wildman–Crippen MR) is 83.8 cm³/mol. The molecule has 0 fully saturated rings. The van der Waals surface area contributed by atoms with Gasteiger partial charge < -0.3 is 4.90 Å². The first-order chi connectivity index (χ1) is 7.97. The lowest BCUT2D eigenvalue weighted by Crippen LogP contribution is -2.38. The zero-order valence-corrected chi connectivity index (χ0v) is 14.2. The van der Waals surface area contributed by atoms with E-state index in [1.54, 1.807) is 4.90 Å². The highest BCUT2D eigenvalue weighted by Crippen LogP contribution is 2.20. The van der Waals surface area contributed by atoms with Crippen LogP contribution < -0.4 is 0 Å². The molecule has 0 atom stereocenters. The summed E-state index contributed by atoms with van der Waals surface area (Å²) in [5, 5.41) is 0. The summed E-state index contributed by atoms with van der Waals surface area (Å²) in [6.07, 6.45) is 0. The molecule has 94 valence electrons. The molecule has 1 aromatic rings. The Labute approximate surface area is 129 Å². The largest absolute Gasteiger partial charge is 0.335 e. The van der Waals surface area contributed by atoms with E-state index in [9.17, 15) is 4.79 Å². The van der Waals surface area contributed by atoms with E-state index in [-0.39, 0.29) is 11.9 Å². The van der Waals surface area contributed by atoms with Crippen molar-refractivity contribution in [2.24, 2.45) is 0 Å². The van der Waals surface area contributed by atoms with Crippen molar-refractivity contribution in [1.82, 2.24) is 4.90 Å². The molecule has 0 heterocycles.